The normalized spacial score (nSPS) is 11.5. The number of hydrogen-bond acceptors (Lipinski definition) is 3. The van der Waals surface area contributed by atoms with Gasteiger partial charge in [0.05, 0.1) is 0 Å². The first kappa shape index (κ1) is 14.0. The monoisotopic (exact) mass is 230 g/mol. The Hall–Kier alpha value is -0.970. The summed E-state index contributed by atoms with van der Waals surface area (Å²) in [6.45, 7) is 5.76. The van der Waals surface area contributed by atoms with Crippen LogP contribution in [0.5, 0.6) is 0 Å². The summed E-state index contributed by atoms with van der Waals surface area (Å²) in [5, 5.41) is 5.21. The molecule has 0 aliphatic carbocycles. The van der Waals surface area contributed by atoms with E-state index in [0.29, 0.717) is 12.3 Å². The van der Waals surface area contributed by atoms with Gasteiger partial charge in [0.2, 0.25) is 11.8 Å². The molecule has 0 aromatic carbocycles. The van der Waals surface area contributed by atoms with Gasteiger partial charge in [-0.05, 0) is 13.8 Å². The predicted molar refractivity (Wildman–Crippen MR) is 63.9 cm³/mol. The molecule has 0 aliphatic heterocycles. The third-order valence-electron chi connectivity index (χ3n) is 1.66. The fourth-order valence-corrected chi connectivity index (χ4v) is 1.18. The van der Waals surface area contributed by atoms with Crippen LogP contribution in [0.1, 0.15) is 20.8 Å². The van der Waals surface area contributed by atoms with Crippen molar-refractivity contribution >= 4 is 24.4 Å². The molecule has 2 N–H and O–H groups in total. The van der Waals surface area contributed by atoms with Gasteiger partial charge in [0.15, 0.2) is 0 Å². The minimum absolute atomic E-state index is 0.210. The third-order valence-corrected chi connectivity index (χ3v) is 2.03. The van der Waals surface area contributed by atoms with E-state index in [1.165, 1.54) is 6.92 Å². The maximum atomic E-state index is 11.5. The van der Waals surface area contributed by atoms with Gasteiger partial charge in [0, 0.05) is 19.2 Å². The van der Waals surface area contributed by atoms with Gasteiger partial charge in [-0.25, -0.2) is 0 Å². The quantitative estimate of drug-likeness (QED) is 0.476. The lowest BCUT2D eigenvalue weighted by Crippen LogP contribution is -2.47. The lowest BCUT2D eigenvalue weighted by Gasteiger charge is -2.14. The largest absolute Gasteiger partial charge is 0.351 e. The molecule has 0 heterocycles. The molecule has 0 spiro atoms. The summed E-state index contributed by atoms with van der Waals surface area (Å²) in [5.74, 6) is -0.149. The van der Waals surface area contributed by atoms with Crippen LogP contribution in [-0.4, -0.2) is 30.2 Å². The number of hydrogen-bond donors (Lipinski definition) is 3. The van der Waals surface area contributed by atoms with Gasteiger partial charge >= 0.3 is 0 Å². The minimum atomic E-state index is -0.559. The molecular weight excluding hydrogens is 212 g/mol. The zero-order chi connectivity index (χ0) is 11.8. The summed E-state index contributed by atoms with van der Waals surface area (Å²) in [7, 11) is 0. The topological polar surface area (TPSA) is 58.2 Å². The number of amides is 2. The Morgan fingerprint density at radius 2 is 1.93 bits per heavy atom. The fraction of sp³-hybridized carbons (Fsp3) is 0.600. The third kappa shape index (κ3) is 7.02. The highest BCUT2D eigenvalue weighted by Gasteiger charge is 2.16. The van der Waals surface area contributed by atoms with Crippen molar-refractivity contribution in [2.75, 3.05) is 12.3 Å². The van der Waals surface area contributed by atoms with E-state index in [2.05, 4.69) is 23.3 Å². The Kier molecular flexibility index (Phi) is 6.86. The van der Waals surface area contributed by atoms with E-state index in [-0.39, 0.29) is 11.8 Å². The maximum Gasteiger partial charge on any atom is 0.243 e. The summed E-state index contributed by atoms with van der Waals surface area (Å²) in [4.78, 5) is 22.2. The first-order valence-electron chi connectivity index (χ1n) is 4.76. The Bertz CT molecular complexity index is 260. The van der Waals surface area contributed by atoms with Crippen molar-refractivity contribution in [2.24, 2.45) is 0 Å². The van der Waals surface area contributed by atoms with Crippen molar-refractivity contribution in [1.82, 2.24) is 10.6 Å². The summed E-state index contributed by atoms with van der Waals surface area (Å²) in [6.07, 6.45) is 1.90. The van der Waals surface area contributed by atoms with E-state index in [0.717, 1.165) is 5.57 Å². The lowest BCUT2D eigenvalue weighted by molar-refractivity contribution is -0.127. The second-order valence-corrected chi connectivity index (χ2v) is 3.83. The zero-order valence-corrected chi connectivity index (χ0v) is 10.2. The number of thiol groups is 1. The lowest BCUT2D eigenvalue weighted by atomic mass is 10.3. The standard InChI is InChI=1S/C10H18N2O2S/c1-7(2)4-5-11-10(14)9(6-15)12-8(3)13/h4,9,15H,5-6H2,1-3H3,(H,11,14)(H,12,13). The highest BCUT2D eigenvalue weighted by atomic mass is 32.1. The number of nitrogens with one attached hydrogen (secondary N) is 2. The molecule has 0 aromatic rings. The van der Waals surface area contributed by atoms with Crippen LogP contribution in [0.15, 0.2) is 11.6 Å². The molecule has 0 saturated heterocycles. The van der Waals surface area contributed by atoms with Crippen LogP contribution in [0.2, 0.25) is 0 Å². The molecule has 0 radical (unpaired) electrons. The molecule has 15 heavy (non-hydrogen) atoms. The van der Waals surface area contributed by atoms with Gasteiger partial charge in [0.25, 0.3) is 0 Å². The molecule has 0 aliphatic rings. The number of carbonyl (C=O) groups excluding carboxylic acids is 2. The molecule has 0 aromatic heterocycles. The van der Waals surface area contributed by atoms with Gasteiger partial charge in [-0.3, -0.25) is 9.59 Å². The predicted octanol–water partition coefficient (Wildman–Crippen LogP) is 0.503. The van der Waals surface area contributed by atoms with Crippen LogP contribution in [0.3, 0.4) is 0 Å². The van der Waals surface area contributed by atoms with Crippen molar-refractivity contribution in [3.8, 4) is 0 Å². The summed E-state index contributed by atoms with van der Waals surface area (Å²) in [5.41, 5.74) is 1.14. The highest BCUT2D eigenvalue weighted by Crippen LogP contribution is 1.90. The molecule has 0 rings (SSSR count). The second-order valence-electron chi connectivity index (χ2n) is 3.46. The van der Waals surface area contributed by atoms with E-state index in [1.807, 2.05) is 19.9 Å². The average molecular weight is 230 g/mol. The van der Waals surface area contributed by atoms with E-state index in [1.54, 1.807) is 0 Å². The van der Waals surface area contributed by atoms with Crippen LogP contribution in [0.25, 0.3) is 0 Å². The molecule has 5 heteroatoms. The zero-order valence-electron chi connectivity index (χ0n) is 9.33. The molecule has 4 nitrogen and oxygen atoms in total. The van der Waals surface area contributed by atoms with E-state index in [4.69, 9.17) is 0 Å². The smallest absolute Gasteiger partial charge is 0.243 e. The van der Waals surface area contributed by atoms with E-state index < -0.39 is 6.04 Å². The fourth-order valence-electron chi connectivity index (χ4n) is 0.918. The Balaban J connectivity index is 4.05. The van der Waals surface area contributed by atoms with Gasteiger partial charge in [0.1, 0.15) is 6.04 Å². The minimum Gasteiger partial charge on any atom is -0.351 e. The Morgan fingerprint density at radius 1 is 1.33 bits per heavy atom. The van der Waals surface area contributed by atoms with Gasteiger partial charge < -0.3 is 10.6 Å². The molecule has 86 valence electrons. The first-order valence-corrected chi connectivity index (χ1v) is 5.39. The second kappa shape index (κ2) is 7.34. The van der Waals surface area contributed by atoms with Crippen molar-refractivity contribution in [3.63, 3.8) is 0 Å². The van der Waals surface area contributed by atoms with Crippen LogP contribution < -0.4 is 10.6 Å². The van der Waals surface area contributed by atoms with Gasteiger partial charge in [-0.15, -0.1) is 0 Å². The number of rotatable bonds is 5. The molecule has 1 unspecified atom stereocenters. The molecule has 0 saturated carbocycles. The first-order chi connectivity index (χ1) is 6.97. The van der Waals surface area contributed by atoms with Crippen LogP contribution in [0, 0.1) is 0 Å². The summed E-state index contributed by atoms with van der Waals surface area (Å²) < 4.78 is 0. The molecule has 2 amide bonds. The molecule has 0 fully saturated rings. The number of carbonyl (C=O) groups is 2. The van der Waals surface area contributed by atoms with Crippen molar-refractivity contribution in [1.29, 1.82) is 0 Å². The molecule has 0 bridgehead atoms. The molecular formula is C10H18N2O2S. The van der Waals surface area contributed by atoms with Crippen LogP contribution in [0.4, 0.5) is 0 Å². The van der Waals surface area contributed by atoms with E-state index >= 15 is 0 Å². The average Bonchev–Trinajstić information content (AvgIpc) is 2.13. The van der Waals surface area contributed by atoms with Crippen molar-refractivity contribution in [2.45, 2.75) is 26.8 Å². The SMILES string of the molecule is CC(=O)NC(CS)C(=O)NCC=C(C)C. The summed E-state index contributed by atoms with van der Waals surface area (Å²) in [6, 6.07) is -0.559. The summed E-state index contributed by atoms with van der Waals surface area (Å²) >= 11 is 4.00. The van der Waals surface area contributed by atoms with Crippen molar-refractivity contribution < 1.29 is 9.59 Å². The van der Waals surface area contributed by atoms with Crippen LogP contribution >= 0.6 is 12.6 Å². The highest BCUT2D eigenvalue weighted by molar-refractivity contribution is 7.80. The maximum absolute atomic E-state index is 11.5. The van der Waals surface area contributed by atoms with E-state index in [9.17, 15) is 9.59 Å². The Morgan fingerprint density at radius 3 is 2.33 bits per heavy atom. The van der Waals surface area contributed by atoms with Crippen molar-refractivity contribution in [3.05, 3.63) is 11.6 Å². The molecule has 1 atom stereocenters. The number of allylic oxidation sites excluding steroid dienone is 1. The van der Waals surface area contributed by atoms with Gasteiger partial charge in [-0.1, -0.05) is 11.6 Å². The van der Waals surface area contributed by atoms with Crippen LogP contribution in [-0.2, 0) is 9.59 Å². The Labute approximate surface area is 95.9 Å². The van der Waals surface area contributed by atoms with Gasteiger partial charge in [-0.2, -0.15) is 12.6 Å².